The maximum absolute atomic E-state index is 11.8. The summed E-state index contributed by atoms with van der Waals surface area (Å²) >= 11 is 0. The predicted molar refractivity (Wildman–Crippen MR) is 92.8 cm³/mol. The molecule has 0 atom stereocenters. The molecule has 0 fully saturated rings. The van der Waals surface area contributed by atoms with Gasteiger partial charge in [0.1, 0.15) is 6.61 Å². The molecule has 2 aromatic heterocycles. The largest absolute Gasteiger partial charge is 0.409 e. The van der Waals surface area contributed by atoms with Crippen molar-refractivity contribution in [1.29, 1.82) is 0 Å². The molecule has 1 N–H and O–H groups in total. The highest BCUT2D eigenvalue weighted by Gasteiger charge is 2.27. The molecule has 0 spiro atoms. The fraction of sp³-hybridized carbons (Fsp3) is 0.263. The van der Waals surface area contributed by atoms with Crippen LogP contribution in [0.1, 0.15) is 29.7 Å². The molecule has 0 saturated carbocycles. The van der Waals surface area contributed by atoms with E-state index < -0.39 is 0 Å². The van der Waals surface area contributed by atoms with E-state index in [0.29, 0.717) is 22.2 Å². The lowest BCUT2D eigenvalue weighted by Crippen LogP contribution is -2.16. The summed E-state index contributed by atoms with van der Waals surface area (Å²) in [6.45, 7) is 0.501. The lowest BCUT2D eigenvalue weighted by molar-refractivity contribution is -0.552. The van der Waals surface area contributed by atoms with Crippen molar-refractivity contribution in [3.63, 3.8) is 0 Å². The Labute approximate surface area is 143 Å². The molecule has 4 aromatic rings. The quantitative estimate of drug-likeness (QED) is 0.585. The molecular formula is C19H18N3O3+. The first-order valence-electron chi connectivity index (χ1n) is 8.59. The van der Waals surface area contributed by atoms with Gasteiger partial charge >= 0.3 is 5.52 Å². The van der Waals surface area contributed by atoms with Gasteiger partial charge in [-0.05, 0) is 42.9 Å². The van der Waals surface area contributed by atoms with E-state index in [1.807, 2.05) is 29.0 Å². The van der Waals surface area contributed by atoms with Crippen LogP contribution in [0.25, 0.3) is 22.0 Å². The number of hydrogen-bond acceptors (Lipinski definition) is 3. The number of aromatic amines is 1. The minimum Gasteiger partial charge on any atom is -0.409 e. The van der Waals surface area contributed by atoms with E-state index in [9.17, 15) is 4.91 Å². The van der Waals surface area contributed by atoms with Crippen LogP contribution in [0.2, 0.25) is 0 Å². The number of fused-ring (bicyclic) bond motifs is 5. The first-order valence-corrected chi connectivity index (χ1v) is 8.59. The van der Waals surface area contributed by atoms with Crippen LogP contribution < -0.4 is 9.38 Å². The molecule has 2 heterocycles. The number of hydrogen-bond donors (Lipinski definition) is 1. The van der Waals surface area contributed by atoms with Crippen LogP contribution >= 0.6 is 0 Å². The van der Waals surface area contributed by atoms with Crippen molar-refractivity contribution in [3.05, 3.63) is 64.2 Å². The maximum atomic E-state index is 11.8. The van der Waals surface area contributed by atoms with Gasteiger partial charge in [-0.1, -0.05) is 30.3 Å². The number of rotatable bonds is 3. The average molecular weight is 336 g/mol. The Bertz CT molecular complexity index is 1120. The van der Waals surface area contributed by atoms with Gasteiger partial charge in [0.15, 0.2) is 4.54 Å². The first-order chi connectivity index (χ1) is 12.3. The molecule has 0 radical (unpaired) electrons. The molecule has 1 aliphatic rings. The zero-order valence-electron chi connectivity index (χ0n) is 13.7. The number of aryl methyl sites for hydroxylation is 1. The van der Waals surface area contributed by atoms with E-state index in [0.717, 1.165) is 42.1 Å². The zero-order chi connectivity index (χ0) is 16.8. The van der Waals surface area contributed by atoms with Gasteiger partial charge in [0, 0.05) is 11.3 Å². The van der Waals surface area contributed by atoms with Crippen molar-refractivity contribution in [2.45, 2.75) is 32.3 Å². The highest BCUT2D eigenvalue weighted by atomic mass is 16.7. The van der Waals surface area contributed by atoms with Gasteiger partial charge in [0.2, 0.25) is 5.58 Å². The Kier molecular flexibility index (Phi) is 3.16. The van der Waals surface area contributed by atoms with Crippen molar-refractivity contribution in [3.8, 4) is 0 Å². The summed E-state index contributed by atoms with van der Waals surface area (Å²) in [6.07, 6.45) is 4.24. The van der Waals surface area contributed by atoms with Gasteiger partial charge in [-0.25, -0.2) is 0 Å². The Morgan fingerprint density at radius 1 is 1.12 bits per heavy atom. The highest BCUT2D eigenvalue weighted by Crippen LogP contribution is 2.35. The second kappa shape index (κ2) is 5.51. The maximum Gasteiger partial charge on any atom is 0.341 e. The molecule has 0 amide bonds. The van der Waals surface area contributed by atoms with Crippen LogP contribution in [0.5, 0.6) is 0 Å². The molecule has 126 valence electrons. The minimum atomic E-state index is 0.501. The summed E-state index contributed by atoms with van der Waals surface area (Å²) in [7, 11) is 0. The monoisotopic (exact) mass is 336 g/mol. The van der Waals surface area contributed by atoms with Crippen molar-refractivity contribution >= 4 is 22.0 Å². The smallest absolute Gasteiger partial charge is 0.341 e. The van der Waals surface area contributed by atoms with Crippen LogP contribution in [0.4, 0.5) is 0 Å². The van der Waals surface area contributed by atoms with Gasteiger partial charge in [0.05, 0.1) is 21.5 Å². The summed E-state index contributed by atoms with van der Waals surface area (Å²) < 4.78 is 8.06. The lowest BCUT2D eigenvalue weighted by Gasteiger charge is -2.16. The number of nitrogens with zero attached hydrogens (tertiary/aromatic N) is 2. The van der Waals surface area contributed by atoms with Crippen LogP contribution in [0, 0.1) is 4.91 Å². The molecule has 6 heteroatoms. The molecule has 25 heavy (non-hydrogen) atoms. The average Bonchev–Trinajstić information content (AvgIpc) is 3.19. The van der Waals surface area contributed by atoms with E-state index in [4.69, 9.17) is 9.36 Å². The Morgan fingerprint density at radius 3 is 2.84 bits per heavy atom. The van der Waals surface area contributed by atoms with Crippen LogP contribution in [0.15, 0.2) is 47.0 Å². The molecule has 2 aromatic carbocycles. The molecule has 1 aliphatic carbocycles. The molecule has 5 rings (SSSR count). The lowest BCUT2D eigenvalue weighted by atomic mass is 9.95. The molecule has 6 nitrogen and oxygen atoms in total. The number of aromatic nitrogens is 3. The van der Waals surface area contributed by atoms with Gasteiger partial charge in [-0.3, -0.25) is 0 Å². The third kappa shape index (κ3) is 2.17. The molecule has 0 saturated heterocycles. The summed E-state index contributed by atoms with van der Waals surface area (Å²) in [6, 6.07) is 13.8. The van der Waals surface area contributed by atoms with Crippen LogP contribution in [0.3, 0.4) is 0 Å². The summed E-state index contributed by atoms with van der Waals surface area (Å²) in [4.78, 5) is 18.0. The van der Waals surface area contributed by atoms with Crippen LogP contribution in [-0.2, 0) is 19.4 Å². The zero-order valence-corrected chi connectivity index (χ0v) is 13.7. The number of nitrogens with one attached hydrogen (secondary N) is 1. The minimum absolute atomic E-state index is 0.501. The SMILES string of the molecule is O=[n+]1[nH]oc2c3c4c(n(OCc5ccccc5)c3ccc21)CCCC4. The fourth-order valence-corrected chi connectivity index (χ4v) is 3.81. The normalized spacial score (nSPS) is 14.1. The fourth-order valence-electron chi connectivity index (χ4n) is 3.81. The number of benzene rings is 2. The van der Waals surface area contributed by atoms with E-state index in [1.165, 1.54) is 11.3 Å². The van der Waals surface area contributed by atoms with E-state index in [1.54, 1.807) is 6.07 Å². The molecule has 0 unspecified atom stereocenters. The predicted octanol–water partition coefficient (Wildman–Crippen LogP) is 3.14. The second-order valence-electron chi connectivity index (χ2n) is 6.48. The summed E-state index contributed by atoms with van der Waals surface area (Å²) in [5, 5.41) is 3.37. The standard InChI is InChI=1S/C19H18N3O3/c23-22-17-11-10-16-18(19(17)25-20-22)14-8-4-5-9-15(14)21(16)24-12-13-6-2-1-3-7-13/h1-3,6-7,10-11H,4-5,8-9,12H2,(H,20,23)/q+1. The Balaban J connectivity index is 1.69. The van der Waals surface area contributed by atoms with E-state index >= 15 is 0 Å². The van der Waals surface area contributed by atoms with E-state index in [2.05, 4.69) is 17.4 Å². The van der Waals surface area contributed by atoms with Gasteiger partial charge in [-0.15, -0.1) is 0 Å². The van der Waals surface area contributed by atoms with Gasteiger partial charge in [0.25, 0.3) is 0 Å². The third-order valence-electron chi connectivity index (χ3n) is 4.97. The van der Waals surface area contributed by atoms with Gasteiger partial charge < -0.3 is 9.36 Å². The van der Waals surface area contributed by atoms with E-state index in [-0.39, 0.29) is 0 Å². The second-order valence-corrected chi connectivity index (χ2v) is 6.48. The summed E-state index contributed by atoms with van der Waals surface area (Å²) in [5.41, 5.74) is 5.63. The van der Waals surface area contributed by atoms with Crippen molar-refractivity contribution in [2.24, 2.45) is 0 Å². The van der Waals surface area contributed by atoms with Crippen molar-refractivity contribution in [2.75, 3.05) is 0 Å². The van der Waals surface area contributed by atoms with Gasteiger partial charge in [-0.2, -0.15) is 4.73 Å². The number of H-pyrrole nitrogens is 1. The molecule has 0 aliphatic heterocycles. The Hall–Kier alpha value is -3.02. The van der Waals surface area contributed by atoms with Crippen LogP contribution in [-0.4, -0.2) is 10.0 Å². The van der Waals surface area contributed by atoms with Crippen molar-refractivity contribution < 1.29 is 13.9 Å². The Morgan fingerprint density at radius 2 is 1.96 bits per heavy atom. The third-order valence-corrected chi connectivity index (χ3v) is 4.97. The van der Waals surface area contributed by atoms with Crippen molar-refractivity contribution in [1.82, 2.24) is 10.0 Å². The molecule has 0 bridgehead atoms. The topological polar surface area (TPSA) is 66.1 Å². The first kappa shape index (κ1) is 14.3. The molecular weight excluding hydrogens is 318 g/mol. The summed E-state index contributed by atoms with van der Waals surface area (Å²) in [5.74, 6) is 0. The highest BCUT2D eigenvalue weighted by molar-refractivity contribution is 6.03.